The predicted molar refractivity (Wildman–Crippen MR) is 72.4 cm³/mol. The van der Waals surface area contributed by atoms with Crippen molar-refractivity contribution in [1.82, 2.24) is 0 Å². The van der Waals surface area contributed by atoms with Gasteiger partial charge in [0.05, 0.1) is 0 Å². The van der Waals surface area contributed by atoms with E-state index in [0.717, 1.165) is 5.56 Å². The highest BCUT2D eigenvalue weighted by Gasteiger charge is 2.01. The minimum Gasteiger partial charge on any atom is -0.326 e. The lowest BCUT2D eigenvalue weighted by molar-refractivity contribution is 1.05. The van der Waals surface area contributed by atoms with Crippen LogP contribution in [-0.4, -0.2) is 0 Å². The fraction of sp³-hybridized carbons (Fsp3) is 0.200. The first-order valence-electron chi connectivity index (χ1n) is 5.83. The number of hydrogen-bond donors (Lipinski definition) is 2. The lowest BCUT2D eigenvalue weighted by Crippen LogP contribution is -1.99. The molecule has 0 aromatic heterocycles. The molecule has 17 heavy (non-hydrogen) atoms. The molecule has 0 saturated heterocycles. The lowest BCUT2D eigenvalue weighted by Gasteiger charge is -2.08. The standard InChI is InChI=1S/C15H18N2/c1-11-2-5-14(8-15(11)10-17)13-6-3-12(9-16)4-7-13/h2-8H,9-10,16-17H2,1H3. The van der Waals surface area contributed by atoms with Gasteiger partial charge in [-0.25, -0.2) is 0 Å². The molecule has 0 saturated carbocycles. The summed E-state index contributed by atoms with van der Waals surface area (Å²) in [7, 11) is 0. The van der Waals surface area contributed by atoms with E-state index in [1.54, 1.807) is 0 Å². The molecular weight excluding hydrogens is 208 g/mol. The summed E-state index contributed by atoms with van der Waals surface area (Å²) in [5.74, 6) is 0. The third-order valence-electron chi connectivity index (χ3n) is 3.09. The lowest BCUT2D eigenvalue weighted by atomic mass is 9.99. The molecule has 0 fully saturated rings. The van der Waals surface area contributed by atoms with Gasteiger partial charge in [0.25, 0.3) is 0 Å². The second-order valence-corrected chi connectivity index (χ2v) is 4.25. The van der Waals surface area contributed by atoms with Crippen molar-refractivity contribution in [3.05, 3.63) is 59.2 Å². The Morgan fingerprint density at radius 1 is 0.824 bits per heavy atom. The van der Waals surface area contributed by atoms with E-state index in [1.165, 1.54) is 22.3 Å². The van der Waals surface area contributed by atoms with Crippen LogP contribution >= 0.6 is 0 Å². The van der Waals surface area contributed by atoms with Gasteiger partial charge in [-0.2, -0.15) is 0 Å². The van der Waals surface area contributed by atoms with Crippen molar-refractivity contribution in [3.63, 3.8) is 0 Å². The van der Waals surface area contributed by atoms with Gasteiger partial charge in [0.2, 0.25) is 0 Å². The first kappa shape index (κ1) is 11.8. The Morgan fingerprint density at radius 3 is 2.06 bits per heavy atom. The monoisotopic (exact) mass is 226 g/mol. The molecule has 2 nitrogen and oxygen atoms in total. The maximum atomic E-state index is 5.73. The van der Waals surface area contributed by atoms with E-state index in [0.29, 0.717) is 13.1 Å². The molecule has 0 heterocycles. The Morgan fingerprint density at radius 2 is 1.47 bits per heavy atom. The van der Waals surface area contributed by atoms with Crippen molar-refractivity contribution in [3.8, 4) is 11.1 Å². The maximum absolute atomic E-state index is 5.73. The minimum absolute atomic E-state index is 0.584. The van der Waals surface area contributed by atoms with E-state index in [9.17, 15) is 0 Å². The van der Waals surface area contributed by atoms with E-state index >= 15 is 0 Å². The average molecular weight is 226 g/mol. The SMILES string of the molecule is Cc1ccc(-c2ccc(CN)cc2)cc1CN. The molecule has 2 aromatic rings. The number of aryl methyl sites for hydroxylation is 1. The summed E-state index contributed by atoms with van der Waals surface area (Å²) in [5.41, 5.74) is 17.3. The smallest absolute Gasteiger partial charge is 0.0180 e. The minimum atomic E-state index is 0.584. The quantitative estimate of drug-likeness (QED) is 0.845. The van der Waals surface area contributed by atoms with Crippen LogP contribution in [0.3, 0.4) is 0 Å². The number of rotatable bonds is 3. The van der Waals surface area contributed by atoms with Crippen LogP contribution < -0.4 is 11.5 Å². The van der Waals surface area contributed by atoms with E-state index in [1.807, 2.05) is 0 Å². The summed E-state index contributed by atoms with van der Waals surface area (Å²) in [6.07, 6.45) is 0. The van der Waals surface area contributed by atoms with Crippen LogP contribution in [0.2, 0.25) is 0 Å². The van der Waals surface area contributed by atoms with Crippen molar-refractivity contribution < 1.29 is 0 Å². The highest BCUT2D eigenvalue weighted by Crippen LogP contribution is 2.22. The molecule has 0 atom stereocenters. The summed E-state index contributed by atoms with van der Waals surface area (Å²) >= 11 is 0. The number of benzene rings is 2. The molecule has 2 aromatic carbocycles. The molecule has 0 aliphatic rings. The van der Waals surface area contributed by atoms with Gasteiger partial charge in [-0.15, -0.1) is 0 Å². The molecule has 88 valence electrons. The fourth-order valence-electron chi connectivity index (χ4n) is 1.90. The first-order chi connectivity index (χ1) is 8.24. The zero-order valence-electron chi connectivity index (χ0n) is 10.1. The summed E-state index contributed by atoms with van der Waals surface area (Å²) in [5, 5.41) is 0. The molecule has 4 N–H and O–H groups in total. The Labute approximate surface area is 102 Å². The molecular formula is C15H18N2. The van der Waals surface area contributed by atoms with E-state index in [4.69, 9.17) is 11.5 Å². The number of hydrogen-bond acceptors (Lipinski definition) is 2. The van der Waals surface area contributed by atoms with Crippen molar-refractivity contribution in [2.45, 2.75) is 20.0 Å². The van der Waals surface area contributed by atoms with Gasteiger partial charge in [-0.05, 0) is 40.8 Å². The molecule has 0 unspecified atom stereocenters. The zero-order chi connectivity index (χ0) is 12.3. The second-order valence-electron chi connectivity index (χ2n) is 4.25. The van der Waals surface area contributed by atoms with Crippen molar-refractivity contribution >= 4 is 0 Å². The molecule has 0 spiro atoms. The largest absolute Gasteiger partial charge is 0.326 e. The van der Waals surface area contributed by atoms with Crippen molar-refractivity contribution in [2.75, 3.05) is 0 Å². The van der Waals surface area contributed by atoms with Gasteiger partial charge in [0.15, 0.2) is 0 Å². The summed E-state index contributed by atoms with van der Waals surface area (Å²) < 4.78 is 0. The highest BCUT2D eigenvalue weighted by molar-refractivity contribution is 5.65. The van der Waals surface area contributed by atoms with Crippen LogP contribution in [0, 0.1) is 6.92 Å². The van der Waals surface area contributed by atoms with Crippen molar-refractivity contribution in [2.24, 2.45) is 11.5 Å². The van der Waals surface area contributed by atoms with Crippen LogP contribution in [0.4, 0.5) is 0 Å². The molecule has 2 rings (SSSR count). The van der Waals surface area contributed by atoms with Crippen LogP contribution in [0.5, 0.6) is 0 Å². The molecule has 2 heteroatoms. The summed E-state index contributed by atoms with van der Waals surface area (Å²) in [6.45, 7) is 3.26. The van der Waals surface area contributed by atoms with Crippen LogP contribution in [0.25, 0.3) is 11.1 Å². The zero-order valence-corrected chi connectivity index (χ0v) is 10.1. The van der Waals surface area contributed by atoms with E-state index < -0.39 is 0 Å². The fourth-order valence-corrected chi connectivity index (χ4v) is 1.90. The maximum Gasteiger partial charge on any atom is 0.0180 e. The molecule has 0 aliphatic heterocycles. The predicted octanol–water partition coefficient (Wildman–Crippen LogP) is 2.58. The van der Waals surface area contributed by atoms with Gasteiger partial charge in [0, 0.05) is 13.1 Å². The Kier molecular flexibility index (Phi) is 3.57. The topological polar surface area (TPSA) is 52.0 Å². The van der Waals surface area contributed by atoms with Crippen LogP contribution in [0.15, 0.2) is 42.5 Å². The third-order valence-corrected chi connectivity index (χ3v) is 3.09. The van der Waals surface area contributed by atoms with Gasteiger partial charge in [-0.3, -0.25) is 0 Å². The second kappa shape index (κ2) is 5.13. The van der Waals surface area contributed by atoms with Gasteiger partial charge >= 0.3 is 0 Å². The average Bonchev–Trinajstić information content (AvgIpc) is 2.39. The summed E-state index contributed by atoms with van der Waals surface area (Å²) in [4.78, 5) is 0. The van der Waals surface area contributed by atoms with Gasteiger partial charge in [0.1, 0.15) is 0 Å². The van der Waals surface area contributed by atoms with E-state index in [2.05, 4.69) is 49.4 Å². The summed E-state index contributed by atoms with van der Waals surface area (Å²) in [6, 6.07) is 14.8. The van der Waals surface area contributed by atoms with Crippen LogP contribution in [-0.2, 0) is 13.1 Å². The van der Waals surface area contributed by atoms with Gasteiger partial charge < -0.3 is 11.5 Å². The van der Waals surface area contributed by atoms with Crippen LogP contribution in [0.1, 0.15) is 16.7 Å². The van der Waals surface area contributed by atoms with Crippen molar-refractivity contribution in [1.29, 1.82) is 0 Å². The molecule has 0 bridgehead atoms. The first-order valence-corrected chi connectivity index (χ1v) is 5.83. The Bertz CT molecular complexity index is 501. The normalized spacial score (nSPS) is 10.5. The third kappa shape index (κ3) is 2.54. The van der Waals surface area contributed by atoms with Gasteiger partial charge in [-0.1, -0.05) is 36.4 Å². The molecule has 0 aliphatic carbocycles. The highest BCUT2D eigenvalue weighted by atomic mass is 14.5. The number of nitrogens with two attached hydrogens (primary N) is 2. The Hall–Kier alpha value is -1.64. The van der Waals surface area contributed by atoms with E-state index in [-0.39, 0.29) is 0 Å². The molecule has 0 radical (unpaired) electrons. The Balaban J connectivity index is 2.38. The molecule has 0 amide bonds.